The quantitative estimate of drug-likeness (QED) is 0.722. The van der Waals surface area contributed by atoms with E-state index in [0.29, 0.717) is 25.4 Å². The van der Waals surface area contributed by atoms with E-state index in [9.17, 15) is 13.2 Å². The van der Waals surface area contributed by atoms with Gasteiger partial charge in [0.25, 0.3) is 0 Å². The summed E-state index contributed by atoms with van der Waals surface area (Å²) in [5, 5.41) is 0. The van der Waals surface area contributed by atoms with Gasteiger partial charge >= 0.3 is 5.97 Å². The minimum Gasteiger partial charge on any atom is -0.469 e. The second-order valence-corrected chi connectivity index (χ2v) is 8.29. The first-order chi connectivity index (χ1) is 8.66. The zero-order valence-corrected chi connectivity index (χ0v) is 13.1. The summed E-state index contributed by atoms with van der Waals surface area (Å²) in [6.07, 6.45) is 1.40. The number of hydrogen-bond donors (Lipinski definition) is 0. The molecule has 1 fully saturated rings. The summed E-state index contributed by atoms with van der Waals surface area (Å²) in [5.74, 6) is 0.0750. The van der Waals surface area contributed by atoms with Gasteiger partial charge in [-0.25, -0.2) is 12.7 Å². The normalized spacial score (nSPS) is 21.6. The third kappa shape index (κ3) is 4.76. The lowest BCUT2D eigenvalue weighted by Crippen LogP contribution is -2.33. The second-order valence-electron chi connectivity index (χ2n) is 6.21. The number of hydrogen-bond acceptors (Lipinski definition) is 4. The van der Waals surface area contributed by atoms with Gasteiger partial charge in [0.05, 0.1) is 12.9 Å². The first-order valence-corrected chi connectivity index (χ1v) is 8.32. The van der Waals surface area contributed by atoms with Gasteiger partial charge in [-0.05, 0) is 24.2 Å². The van der Waals surface area contributed by atoms with E-state index in [0.717, 1.165) is 6.42 Å². The highest BCUT2D eigenvalue weighted by Crippen LogP contribution is 2.34. The molecule has 0 saturated carbocycles. The highest BCUT2D eigenvalue weighted by molar-refractivity contribution is 7.89. The zero-order chi connectivity index (χ0) is 14.7. The molecular formula is C13H25NO4S. The van der Waals surface area contributed by atoms with Gasteiger partial charge in [-0.2, -0.15) is 0 Å². The van der Waals surface area contributed by atoms with Crippen molar-refractivity contribution in [2.24, 2.45) is 11.3 Å². The van der Waals surface area contributed by atoms with Gasteiger partial charge < -0.3 is 4.74 Å². The summed E-state index contributed by atoms with van der Waals surface area (Å²) in [6, 6.07) is 0. The summed E-state index contributed by atoms with van der Waals surface area (Å²) in [5.41, 5.74) is 0.135. The van der Waals surface area contributed by atoms with Crippen LogP contribution in [0.25, 0.3) is 0 Å². The minimum atomic E-state index is -3.23. The predicted molar refractivity (Wildman–Crippen MR) is 74.2 cm³/mol. The Labute approximate surface area is 116 Å². The van der Waals surface area contributed by atoms with Crippen LogP contribution < -0.4 is 0 Å². The molecule has 0 amide bonds. The van der Waals surface area contributed by atoms with E-state index in [4.69, 9.17) is 0 Å². The molecule has 112 valence electrons. The zero-order valence-electron chi connectivity index (χ0n) is 12.3. The lowest BCUT2D eigenvalue weighted by Gasteiger charge is -2.26. The molecule has 1 aliphatic heterocycles. The van der Waals surface area contributed by atoms with E-state index in [1.54, 1.807) is 4.31 Å². The molecule has 0 radical (unpaired) electrons. The van der Waals surface area contributed by atoms with Crippen molar-refractivity contribution in [1.29, 1.82) is 0 Å². The van der Waals surface area contributed by atoms with E-state index in [1.165, 1.54) is 7.11 Å². The smallest absolute Gasteiger partial charge is 0.305 e. The van der Waals surface area contributed by atoms with Gasteiger partial charge in [0.1, 0.15) is 0 Å². The van der Waals surface area contributed by atoms with Crippen LogP contribution in [0.15, 0.2) is 0 Å². The number of carbonyl (C=O) groups excluding carboxylic acids is 1. The maximum atomic E-state index is 12.1. The monoisotopic (exact) mass is 291 g/mol. The van der Waals surface area contributed by atoms with E-state index in [-0.39, 0.29) is 23.6 Å². The van der Waals surface area contributed by atoms with Gasteiger partial charge in [0.2, 0.25) is 10.0 Å². The van der Waals surface area contributed by atoms with Crippen LogP contribution in [0.4, 0.5) is 0 Å². The fourth-order valence-electron chi connectivity index (χ4n) is 2.32. The molecule has 1 saturated heterocycles. The minimum absolute atomic E-state index is 0.0267. The van der Waals surface area contributed by atoms with E-state index < -0.39 is 10.0 Å². The van der Waals surface area contributed by atoms with Crippen molar-refractivity contribution < 1.29 is 17.9 Å². The molecular weight excluding hydrogens is 266 g/mol. The molecule has 0 aromatic carbocycles. The molecule has 1 unspecified atom stereocenters. The highest BCUT2D eigenvalue weighted by atomic mass is 32.2. The number of carbonyl (C=O) groups is 1. The molecule has 1 aliphatic rings. The van der Waals surface area contributed by atoms with Crippen LogP contribution in [0.5, 0.6) is 0 Å². The van der Waals surface area contributed by atoms with Crippen LogP contribution in [0.1, 0.15) is 40.0 Å². The van der Waals surface area contributed by atoms with Crippen LogP contribution in [0, 0.1) is 11.3 Å². The molecule has 6 heteroatoms. The molecule has 0 aliphatic carbocycles. The molecule has 19 heavy (non-hydrogen) atoms. The molecule has 0 bridgehead atoms. The molecule has 0 aromatic rings. The van der Waals surface area contributed by atoms with Gasteiger partial charge in [0.15, 0.2) is 0 Å². The van der Waals surface area contributed by atoms with Crippen molar-refractivity contribution in [3.05, 3.63) is 0 Å². The molecule has 5 nitrogen and oxygen atoms in total. The SMILES string of the molecule is COC(=O)CCCS(=O)(=O)N1CCC(C(C)(C)C)C1. The van der Waals surface area contributed by atoms with Crippen LogP contribution >= 0.6 is 0 Å². The standard InChI is InChI=1S/C13H25NO4S/c1-13(2,3)11-7-8-14(10-11)19(16,17)9-5-6-12(15)18-4/h11H,5-10H2,1-4H3. The van der Waals surface area contributed by atoms with Crippen LogP contribution in [-0.4, -0.2) is 44.6 Å². The summed E-state index contributed by atoms with van der Waals surface area (Å²) < 4.78 is 30.4. The summed E-state index contributed by atoms with van der Waals surface area (Å²) >= 11 is 0. The summed E-state index contributed by atoms with van der Waals surface area (Å²) in [6.45, 7) is 7.63. The lowest BCUT2D eigenvalue weighted by molar-refractivity contribution is -0.140. The third-order valence-corrected chi connectivity index (χ3v) is 5.70. The van der Waals surface area contributed by atoms with Crippen molar-refractivity contribution in [2.45, 2.75) is 40.0 Å². The van der Waals surface area contributed by atoms with Crippen molar-refractivity contribution in [2.75, 3.05) is 26.0 Å². The van der Waals surface area contributed by atoms with Crippen LogP contribution in [-0.2, 0) is 19.6 Å². The van der Waals surface area contributed by atoms with Gasteiger partial charge in [-0.1, -0.05) is 20.8 Å². The van der Waals surface area contributed by atoms with E-state index in [1.807, 2.05) is 0 Å². The van der Waals surface area contributed by atoms with E-state index in [2.05, 4.69) is 25.5 Å². The molecule has 0 aromatic heterocycles. The highest BCUT2D eigenvalue weighted by Gasteiger charge is 2.36. The number of sulfonamides is 1. The second kappa shape index (κ2) is 6.22. The maximum absolute atomic E-state index is 12.1. The van der Waals surface area contributed by atoms with Crippen molar-refractivity contribution in [1.82, 2.24) is 4.31 Å². The van der Waals surface area contributed by atoms with Crippen molar-refractivity contribution in [3.8, 4) is 0 Å². The fourth-order valence-corrected chi connectivity index (χ4v) is 3.88. The van der Waals surface area contributed by atoms with Crippen LogP contribution in [0.3, 0.4) is 0 Å². The Hall–Kier alpha value is -0.620. The van der Waals surface area contributed by atoms with Gasteiger partial charge in [-0.3, -0.25) is 4.79 Å². The van der Waals surface area contributed by atoms with Crippen molar-refractivity contribution >= 4 is 16.0 Å². The first-order valence-electron chi connectivity index (χ1n) is 6.71. The largest absolute Gasteiger partial charge is 0.469 e. The molecule has 1 atom stereocenters. The Morgan fingerprint density at radius 3 is 2.47 bits per heavy atom. The van der Waals surface area contributed by atoms with E-state index >= 15 is 0 Å². The van der Waals surface area contributed by atoms with Gasteiger partial charge in [-0.15, -0.1) is 0 Å². The Balaban J connectivity index is 2.49. The molecule has 1 rings (SSSR count). The predicted octanol–water partition coefficient (Wildman–Crippen LogP) is 1.64. The average molecular weight is 291 g/mol. The first kappa shape index (κ1) is 16.4. The summed E-state index contributed by atoms with van der Waals surface area (Å²) in [7, 11) is -1.92. The summed E-state index contributed by atoms with van der Waals surface area (Å²) in [4.78, 5) is 11.0. The number of rotatable bonds is 5. The number of esters is 1. The number of ether oxygens (including phenoxy) is 1. The topological polar surface area (TPSA) is 63.7 Å². The maximum Gasteiger partial charge on any atom is 0.305 e. The third-order valence-electron chi connectivity index (χ3n) is 3.78. The molecule has 0 spiro atoms. The van der Waals surface area contributed by atoms with Gasteiger partial charge in [0, 0.05) is 19.5 Å². The fraction of sp³-hybridized carbons (Fsp3) is 0.923. The Kier molecular flexibility index (Phi) is 5.38. The average Bonchev–Trinajstić information content (AvgIpc) is 2.78. The molecule has 1 heterocycles. The number of nitrogens with zero attached hydrogens (tertiary/aromatic N) is 1. The Bertz CT molecular complexity index is 411. The van der Waals surface area contributed by atoms with Crippen LogP contribution in [0.2, 0.25) is 0 Å². The van der Waals surface area contributed by atoms with Crippen molar-refractivity contribution in [3.63, 3.8) is 0 Å². The molecule has 0 N–H and O–H groups in total. The number of methoxy groups -OCH3 is 1. The Morgan fingerprint density at radius 1 is 1.37 bits per heavy atom. The lowest BCUT2D eigenvalue weighted by atomic mass is 9.80. The Morgan fingerprint density at radius 2 is 2.00 bits per heavy atom.